The Bertz CT molecular complexity index is 251. The second-order valence-electron chi connectivity index (χ2n) is 3.95. The minimum atomic E-state index is -1.11. The van der Waals surface area contributed by atoms with E-state index >= 15 is 0 Å². The molecule has 4 N–H and O–H groups in total. The maximum absolute atomic E-state index is 11.7. The number of aliphatic carboxylic acids is 1. The Kier molecular flexibility index (Phi) is 5.21. The van der Waals surface area contributed by atoms with Gasteiger partial charge in [-0.2, -0.15) is 0 Å². The molecule has 1 rings (SSSR count). The van der Waals surface area contributed by atoms with Crippen LogP contribution in [0.2, 0.25) is 0 Å². The van der Waals surface area contributed by atoms with Crippen LogP contribution in [0.5, 0.6) is 0 Å². The lowest BCUT2D eigenvalue weighted by Gasteiger charge is -2.23. The van der Waals surface area contributed by atoms with Crippen LogP contribution in [0.3, 0.4) is 0 Å². The molecule has 1 saturated heterocycles. The number of carboxylic acid groups (broad SMARTS) is 1. The Morgan fingerprint density at radius 3 is 2.75 bits per heavy atom. The average molecular weight is 230 g/mol. The van der Waals surface area contributed by atoms with E-state index in [4.69, 9.17) is 10.2 Å². The van der Waals surface area contributed by atoms with Gasteiger partial charge in [0.15, 0.2) is 0 Å². The summed E-state index contributed by atoms with van der Waals surface area (Å²) in [4.78, 5) is 22.5. The molecule has 6 heteroatoms. The Labute approximate surface area is 94.0 Å². The Balaban J connectivity index is 2.43. The van der Waals surface area contributed by atoms with E-state index in [-0.39, 0.29) is 24.9 Å². The molecule has 1 heterocycles. The van der Waals surface area contributed by atoms with Crippen LogP contribution in [0.4, 0.5) is 0 Å². The number of hydrogen-bond donors (Lipinski definition) is 4. The third kappa shape index (κ3) is 3.79. The third-order valence-corrected chi connectivity index (χ3v) is 2.70. The van der Waals surface area contributed by atoms with Crippen molar-refractivity contribution in [2.75, 3.05) is 19.7 Å². The van der Waals surface area contributed by atoms with Crippen molar-refractivity contribution in [3.8, 4) is 0 Å². The van der Waals surface area contributed by atoms with Crippen LogP contribution in [-0.2, 0) is 9.59 Å². The summed E-state index contributed by atoms with van der Waals surface area (Å²) in [5, 5.41) is 23.0. The van der Waals surface area contributed by atoms with Crippen LogP contribution in [0.25, 0.3) is 0 Å². The smallest absolute Gasteiger partial charge is 0.326 e. The Hall–Kier alpha value is -1.14. The number of rotatable bonds is 5. The minimum absolute atomic E-state index is 0.0429. The summed E-state index contributed by atoms with van der Waals surface area (Å²) in [6.45, 7) is 1.25. The fourth-order valence-corrected chi connectivity index (χ4v) is 1.75. The molecule has 0 radical (unpaired) electrons. The van der Waals surface area contributed by atoms with Gasteiger partial charge in [-0.05, 0) is 19.4 Å². The molecule has 1 fully saturated rings. The van der Waals surface area contributed by atoms with Crippen molar-refractivity contribution in [1.82, 2.24) is 10.6 Å². The molecule has 1 amide bonds. The zero-order valence-corrected chi connectivity index (χ0v) is 9.11. The Morgan fingerprint density at radius 2 is 2.25 bits per heavy atom. The average Bonchev–Trinajstić information content (AvgIpc) is 2.29. The number of carbonyl (C=O) groups excluding carboxylic acids is 1. The summed E-state index contributed by atoms with van der Waals surface area (Å²) >= 11 is 0. The molecule has 1 aliphatic heterocycles. The number of nitrogens with one attached hydrogen (secondary N) is 2. The second kappa shape index (κ2) is 6.44. The van der Waals surface area contributed by atoms with Gasteiger partial charge < -0.3 is 20.8 Å². The molecule has 0 spiro atoms. The number of piperidine rings is 1. The van der Waals surface area contributed by atoms with Gasteiger partial charge in [0.25, 0.3) is 0 Å². The van der Waals surface area contributed by atoms with Crippen molar-refractivity contribution in [2.45, 2.75) is 25.3 Å². The number of aliphatic hydroxyl groups is 1. The van der Waals surface area contributed by atoms with Crippen molar-refractivity contribution in [1.29, 1.82) is 0 Å². The predicted molar refractivity (Wildman–Crippen MR) is 56.9 cm³/mol. The molecule has 0 aromatic carbocycles. The molecule has 0 aromatic heterocycles. The van der Waals surface area contributed by atoms with Crippen molar-refractivity contribution >= 4 is 11.9 Å². The van der Waals surface area contributed by atoms with Gasteiger partial charge in [-0.15, -0.1) is 0 Å². The maximum atomic E-state index is 11.7. The van der Waals surface area contributed by atoms with Crippen LogP contribution < -0.4 is 10.6 Å². The molecule has 0 aliphatic carbocycles. The monoisotopic (exact) mass is 230 g/mol. The van der Waals surface area contributed by atoms with E-state index in [1.54, 1.807) is 0 Å². The summed E-state index contributed by atoms with van der Waals surface area (Å²) in [5.41, 5.74) is 0. The fraction of sp³-hybridized carbons (Fsp3) is 0.800. The minimum Gasteiger partial charge on any atom is -0.480 e. The van der Waals surface area contributed by atoms with Crippen LogP contribution in [0.15, 0.2) is 0 Å². The summed E-state index contributed by atoms with van der Waals surface area (Å²) in [5.74, 6) is -1.51. The van der Waals surface area contributed by atoms with Crippen LogP contribution in [-0.4, -0.2) is 47.8 Å². The molecule has 6 nitrogen and oxygen atoms in total. The lowest BCUT2D eigenvalue weighted by molar-refractivity contribution is -0.143. The van der Waals surface area contributed by atoms with Gasteiger partial charge in [0, 0.05) is 19.6 Å². The number of aliphatic hydroxyl groups excluding tert-OH is 1. The topological polar surface area (TPSA) is 98.7 Å². The number of amides is 1. The van der Waals surface area contributed by atoms with Gasteiger partial charge in [-0.25, -0.2) is 4.79 Å². The van der Waals surface area contributed by atoms with Gasteiger partial charge in [-0.1, -0.05) is 0 Å². The van der Waals surface area contributed by atoms with E-state index in [1.165, 1.54) is 0 Å². The quantitative estimate of drug-likeness (QED) is 0.482. The normalized spacial score (nSPS) is 22.4. The number of carboxylic acids is 1. The first-order valence-corrected chi connectivity index (χ1v) is 5.50. The van der Waals surface area contributed by atoms with Gasteiger partial charge in [0.05, 0.1) is 5.92 Å². The van der Waals surface area contributed by atoms with Crippen LogP contribution in [0.1, 0.15) is 19.3 Å². The molecule has 2 atom stereocenters. The highest BCUT2D eigenvalue weighted by molar-refractivity contribution is 5.85. The van der Waals surface area contributed by atoms with Crippen LogP contribution >= 0.6 is 0 Å². The lowest BCUT2D eigenvalue weighted by atomic mass is 9.98. The first-order chi connectivity index (χ1) is 7.65. The van der Waals surface area contributed by atoms with E-state index in [9.17, 15) is 9.59 Å². The first kappa shape index (κ1) is 12.9. The van der Waals surface area contributed by atoms with E-state index < -0.39 is 12.0 Å². The SMILES string of the molecule is O=C(O)C(CCO)NC(=O)[C@@H]1CCCNC1. The van der Waals surface area contributed by atoms with Gasteiger partial charge in [-0.3, -0.25) is 4.79 Å². The van der Waals surface area contributed by atoms with Crippen LogP contribution in [0, 0.1) is 5.92 Å². The van der Waals surface area contributed by atoms with Gasteiger partial charge in [0.2, 0.25) is 5.91 Å². The lowest BCUT2D eigenvalue weighted by Crippen LogP contribution is -2.47. The fourth-order valence-electron chi connectivity index (χ4n) is 1.75. The summed E-state index contributed by atoms with van der Waals surface area (Å²) < 4.78 is 0. The first-order valence-electron chi connectivity index (χ1n) is 5.50. The standard InChI is InChI=1S/C10H18N2O4/c13-5-3-8(10(15)16)12-9(14)7-2-1-4-11-6-7/h7-8,11,13H,1-6H2,(H,12,14)(H,15,16)/t7-,8?/m1/s1. The highest BCUT2D eigenvalue weighted by atomic mass is 16.4. The Morgan fingerprint density at radius 1 is 1.50 bits per heavy atom. The zero-order valence-electron chi connectivity index (χ0n) is 9.11. The molecule has 1 aliphatic rings. The van der Waals surface area contributed by atoms with E-state index in [0.717, 1.165) is 19.4 Å². The third-order valence-electron chi connectivity index (χ3n) is 2.70. The van der Waals surface area contributed by atoms with E-state index in [1.807, 2.05) is 0 Å². The molecule has 0 saturated carbocycles. The summed E-state index contributed by atoms with van der Waals surface area (Å²) in [7, 11) is 0. The summed E-state index contributed by atoms with van der Waals surface area (Å²) in [6, 6.07) is -0.987. The number of carbonyl (C=O) groups is 2. The van der Waals surface area contributed by atoms with Crippen molar-refractivity contribution in [3.05, 3.63) is 0 Å². The molecular formula is C10H18N2O4. The molecule has 92 valence electrons. The molecular weight excluding hydrogens is 212 g/mol. The van der Waals surface area contributed by atoms with E-state index in [0.29, 0.717) is 6.54 Å². The van der Waals surface area contributed by atoms with Gasteiger partial charge in [0.1, 0.15) is 6.04 Å². The zero-order chi connectivity index (χ0) is 12.0. The molecule has 0 aromatic rings. The van der Waals surface area contributed by atoms with Crippen molar-refractivity contribution in [3.63, 3.8) is 0 Å². The summed E-state index contributed by atoms with van der Waals surface area (Å²) in [6.07, 6.45) is 1.75. The maximum Gasteiger partial charge on any atom is 0.326 e. The molecule has 1 unspecified atom stereocenters. The predicted octanol–water partition coefficient (Wildman–Crippen LogP) is -1.06. The number of hydrogen-bond acceptors (Lipinski definition) is 4. The second-order valence-corrected chi connectivity index (χ2v) is 3.95. The largest absolute Gasteiger partial charge is 0.480 e. The van der Waals surface area contributed by atoms with Gasteiger partial charge >= 0.3 is 5.97 Å². The molecule has 0 bridgehead atoms. The van der Waals surface area contributed by atoms with E-state index in [2.05, 4.69) is 10.6 Å². The van der Waals surface area contributed by atoms with Crippen molar-refractivity contribution in [2.24, 2.45) is 5.92 Å². The highest BCUT2D eigenvalue weighted by Gasteiger charge is 2.25. The highest BCUT2D eigenvalue weighted by Crippen LogP contribution is 2.10. The molecule has 16 heavy (non-hydrogen) atoms. The van der Waals surface area contributed by atoms with Crippen molar-refractivity contribution < 1.29 is 19.8 Å².